The Morgan fingerprint density at radius 2 is 1.13 bits per heavy atom. The van der Waals surface area contributed by atoms with Crippen LogP contribution in [-0.4, -0.2) is 0 Å². The first kappa shape index (κ1) is 27.4. The summed E-state index contributed by atoms with van der Waals surface area (Å²) in [5, 5.41) is 0. The second-order valence-corrected chi connectivity index (χ2v) is 7.74. The molecule has 0 aliphatic carbocycles. The van der Waals surface area contributed by atoms with Crippen LogP contribution < -0.4 is 0 Å². The molecule has 0 radical (unpaired) electrons. The smallest absolute Gasteiger partial charge is 0.0256 e. The van der Waals surface area contributed by atoms with Crippen LogP contribution in [-0.2, 0) is 12.8 Å². The zero-order chi connectivity index (χ0) is 22.5. The summed E-state index contributed by atoms with van der Waals surface area (Å²) in [5.41, 5.74) is 4.23. The molecule has 0 unspecified atom stereocenters. The summed E-state index contributed by atoms with van der Waals surface area (Å²) in [6.07, 6.45) is 6.77. The van der Waals surface area contributed by atoms with Gasteiger partial charge in [0.15, 0.2) is 0 Å². The molecule has 0 saturated heterocycles. The molecule has 0 heterocycles. The Hall–Kier alpha value is -2.60. The molecule has 0 atom stereocenters. The summed E-state index contributed by atoms with van der Waals surface area (Å²) in [4.78, 5) is 0. The maximum atomic E-state index is 3.36. The molecule has 0 heteroatoms. The van der Waals surface area contributed by atoms with Crippen LogP contribution in [0.4, 0.5) is 0 Å². The third-order valence-corrected chi connectivity index (χ3v) is 4.09. The van der Waals surface area contributed by atoms with Gasteiger partial charge < -0.3 is 0 Å². The van der Waals surface area contributed by atoms with Crippen molar-refractivity contribution in [2.45, 2.75) is 60.3 Å². The average molecular weight is 403 g/mol. The van der Waals surface area contributed by atoms with E-state index >= 15 is 0 Å². The van der Waals surface area contributed by atoms with Crippen molar-refractivity contribution in [3.8, 4) is 0 Å². The highest BCUT2D eigenvalue weighted by atomic mass is 14.0. The fourth-order valence-electron chi connectivity index (χ4n) is 2.65. The summed E-state index contributed by atoms with van der Waals surface area (Å²) in [6, 6.07) is 31.5. The van der Waals surface area contributed by atoms with Gasteiger partial charge in [-0.3, -0.25) is 0 Å². The minimum absolute atomic E-state index is 0.766. The van der Waals surface area contributed by atoms with Crippen molar-refractivity contribution in [3.63, 3.8) is 0 Å². The molecule has 0 aliphatic heterocycles. The van der Waals surface area contributed by atoms with Crippen molar-refractivity contribution >= 4 is 0 Å². The van der Waals surface area contributed by atoms with Crippen LogP contribution in [0.3, 0.4) is 0 Å². The monoisotopic (exact) mass is 402 g/mol. The number of allylic oxidation sites excluding steroid dienone is 1. The molecule has 3 aromatic carbocycles. The van der Waals surface area contributed by atoms with Gasteiger partial charge in [0.2, 0.25) is 0 Å². The summed E-state index contributed by atoms with van der Waals surface area (Å²) in [5.74, 6) is 0.766. The summed E-state index contributed by atoms with van der Waals surface area (Å²) in [6.45, 7) is 14.0. The summed E-state index contributed by atoms with van der Waals surface area (Å²) >= 11 is 0. The predicted octanol–water partition coefficient (Wildman–Crippen LogP) is 9.10. The lowest BCUT2D eigenvalue weighted by atomic mass is 10.0. The Bertz CT molecular complexity index is 712. The number of rotatable bonds is 5. The van der Waals surface area contributed by atoms with Crippen LogP contribution in [0.1, 0.15) is 57.2 Å². The fraction of sp³-hybridized carbons (Fsp3) is 0.333. The van der Waals surface area contributed by atoms with Crippen molar-refractivity contribution in [1.29, 1.82) is 0 Å². The molecule has 0 nitrogen and oxygen atoms in total. The minimum atomic E-state index is 0.766. The van der Waals surface area contributed by atoms with Gasteiger partial charge in [0.05, 0.1) is 0 Å². The van der Waals surface area contributed by atoms with Gasteiger partial charge in [-0.2, -0.15) is 0 Å². The summed E-state index contributed by atoms with van der Waals surface area (Å²) in [7, 11) is 0. The van der Waals surface area contributed by atoms with E-state index in [9.17, 15) is 0 Å². The van der Waals surface area contributed by atoms with Gasteiger partial charge in [0, 0.05) is 0 Å². The molecule has 3 rings (SSSR count). The van der Waals surface area contributed by atoms with Crippen molar-refractivity contribution in [1.82, 2.24) is 0 Å². The fourth-order valence-corrected chi connectivity index (χ4v) is 2.65. The predicted molar refractivity (Wildman–Crippen MR) is 137 cm³/mol. The molecule has 0 aromatic heterocycles. The van der Waals surface area contributed by atoms with Gasteiger partial charge in [-0.1, -0.05) is 130 Å². The van der Waals surface area contributed by atoms with Gasteiger partial charge in [0.25, 0.3) is 0 Å². The quantitative estimate of drug-likeness (QED) is 0.373. The van der Waals surface area contributed by atoms with E-state index in [0.29, 0.717) is 0 Å². The highest BCUT2D eigenvalue weighted by Gasteiger charge is 1.94. The lowest BCUT2D eigenvalue weighted by Gasteiger charge is -2.02. The number of benzene rings is 3. The van der Waals surface area contributed by atoms with E-state index in [4.69, 9.17) is 0 Å². The van der Waals surface area contributed by atoms with E-state index in [1.54, 1.807) is 6.08 Å². The lowest BCUT2D eigenvalue weighted by molar-refractivity contribution is 0.647. The van der Waals surface area contributed by atoms with Crippen LogP contribution in [0.2, 0.25) is 0 Å². The molecule has 0 N–H and O–H groups in total. The van der Waals surface area contributed by atoms with E-state index in [1.165, 1.54) is 42.4 Å². The molecular formula is C30H42. The van der Waals surface area contributed by atoms with Gasteiger partial charge in [-0.15, -0.1) is 6.58 Å². The van der Waals surface area contributed by atoms with E-state index in [1.807, 2.05) is 25.1 Å². The molecule has 0 bridgehead atoms. The molecule has 3 aromatic rings. The Labute approximate surface area is 186 Å². The largest absolute Gasteiger partial charge is 0.103 e. The standard InChI is InChI=1S/2C10H14.C7H8.C3H6/c1-9(2)8-10-6-4-3-5-7-10;1-2-3-7-10-8-5-4-6-9-10;1-7-5-3-2-4-6-7;1-3-2/h3-7,9H,8H2,1-2H3;4-6,8-9H,2-3,7H2,1H3;2-6H,1H3;3H,1H2,2H3. The molecule has 0 amide bonds. The van der Waals surface area contributed by atoms with Crippen molar-refractivity contribution < 1.29 is 0 Å². The summed E-state index contributed by atoms with van der Waals surface area (Å²) < 4.78 is 0. The maximum absolute atomic E-state index is 3.36. The van der Waals surface area contributed by atoms with Crippen LogP contribution in [0.15, 0.2) is 104 Å². The first-order valence-electron chi connectivity index (χ1n) is 11.2. The molecule has 0 saturated carbocycles. The van der Waals surface area contributed by atoms with Crippen LogP contribution in [0.5, 0.6) is 0 Å². The van der Waals surface area contributed by atoms with Crippen molar-refractivity contribution in [3.05, 3.63) is 120 Å². The van der Waals surface area contributed by atoms with Crippen molar-refractivity contribution in [2.75, 3.05) is 0 Å². The highest BCUT2D eigenvalue weighted by Crippen LogP contribution is 2.06. The number of unbranched alkanes of at least 4 members (excludes halogenated alkanes) is 1. The number of hydrogen-bond acceptors (Lipinski definition) is 0. The van der Waals surface area contributed by atoms with E-state index in [-0.39, 0.29) is 0 Å². The Morgan fingerprint density at radius 1 is 0.733 bits per heavy atom. The molecular weight excluding hydrogens is 360 g/mol. The average Bonchev–Trinajstić information content (AvgIpc) is 2.75. The van der Waals surface area contributed by atoms with Crippen LogP contribution >= 0.6 is 0 Å². The van der Waals surface area contributed by atoms with E-state index < -0.39 is 0 Å². The Morgan fingerprint density at radius 3 is 1.47 bits per heavy atom. The molecule has 162 valence electrons. The van der Waals surface area contributed by atoms with Gasteiger partial charge in [-0.25, -0.2) is 0 Å². The molecule has 0 fully saturated rings. The van der Waals surface area contributed by atoms with Gasteiger partial charge in [-0.05, 0) is 50.2 Å². The second-order valence-electron chi connectivity index (χ2n) is 7.74. The van der Waals surface area contributed by atoms with Gasteiger partial charge in [0.1, 0.15) is 0 Å². The van der Waals surface area contributed by atoms with E-state index in [0.717, 1.165) is 5.92 Å². The first-order chi connectivity index (χ1) is 14.5. The van der Waals surface area contributed by atoms with Crippen LogP contribution in [0, 0.1) is 12.8 Å². The third-order valence-electron chi connectivity index (χ3n) is 4.09. The molecule has 0 spiro atoms. The maximum Gasteiger partial charge on any atom is -0.0256 e. The zero-order valence-electron chi connectivity index (χ0n) is 19.9. The minimum Gasteiger partial charge on any atom is -0.103 e. The Balaban J connectivity index is 0.000000400. The Kier molecular flexibility index (Phi) is 18.0. The van der Waals surface area contributed by atoms with Gasteiger partial charge >= 0.3 is 0 Å². The first-order valence-corrected chi connectivity index (χ1v) is 11.2. The normalized spacial score (nSPS) is 9.13. The highest BCUT2D eigenvalue weighted by molar-refractivity contribution is 5.15. The molecule has 0 aliphatic rings. The molecule has 30 heavy (non-hydrogen) atoms. The third kappa shape index (κ3) is 17.5. The van der Waals surface area contributed by atoms with Crippen LogP contribution in [0.25, 0.3) is 0 Å². The lowest BCUT2D eigenvalue weighted by Crippen LogP contribution is -1.92. The second kappa shape index (κ2) is 19.7. The van der Waals surface area contributed by atoms with Crippen molar-refractivity contribution in [2.24, 2.45) is 5.92 Å². The zero-order valence-corrected chi connectivity index (χ0v) is 19.9. The number of hydrogen-bond donors (Lipinski definition) is 0. The SMILES string of the molecule is C=CC.CC(C)Cc1ccccc1.CCCCc1ccccc1.Cc1ccccc1. The topological polar surface area (TPSA) is 0 Å². The number of aryl methyl sites for hydroxylation is 2. The van der Waals surface area contributed by atoms with E-state index in [2.05, 4.69) is 107 Å².